The molecule has 8 heteroatoms. The highest BCUT2D eigenvalue weighted by molar-refractivity contribution is 8.00. The van der Waals surface area contributed by atoms with E-state index in [1.807, 2.05) is 0 Å². The van der Waals surface area contributed by atoms with E-state index in [4.69, 9.17) is 10.5 Å². The lowest BCUT2D eigenvalue weighted by atomic mass is 10.2. The van der Waals surface area contributed by atoms with Gasteiger partial charge in [0.05, 0.1) is 17.9 Å². The van der Waals surface area contributed by atoms with Crippen LogP contribution < -0.4 is 11.4 Å². The fourth-order valence-corrected chi connectivity index (χ4v) is 2.58. The average Bonchev–Trinajstić information content (AvgIpc) is 2.93. The summed E-state index contributed by atoms with van der Waals surface area (Å²) in [5.74, 6) is -0.431. The number of aromatic amines is 1. The number of carbonyl (C=O) groups excluding carboxylic acids is 1. The van der Waals surface area contributed by atoms with Crippen LogP contribution in [0.3, 0.4) is 0 Å². The monoisotopic (exact) mass is 272 g/mol. The molecule has 1 amide bonds. The first-order chi connectivity index (χ1) is 8.58. The molecule has 1 aromatic rings. The van der Waals surface area contributed by atoms with Crippen molar-refractivity contribution in [1.29, 1.82) is 0 Å². The summed E-state index contributed by atoms with van der Waals surface area (Å²) >= 11 is 1.17. The van der Waals surface area contributed by atoms with Gasteiger partial charge in [-0.2, -0.15) is 0 Å². The zero-order valence-electron chi connectivity index (χ0n) is 10.1. The van der Waals surface area contributed by atoms with Crippen molar-refractivity contribution in [2.75, 3.05) is 6.61 Å². The first kappa shape index (κ1) is 13.2. The molecule has 1 aliphatic rings. The van der Waals surface area contributed by atoms with Gasteiger partial charge in [0, 0.05) is 6.61 Å². The van der Waals surface area contributed by atoms with Crippen LogP contribution >= 0.6 is 11.8 Å². The number of nitrogens with one attached hydrogen (secondary N) is 1. The van der Waals surface area contributed by atoms with Gasteiger partial charge in [-0.1, -0.05) is 11.8 Å². The minimum Gasteiger partial charge on any atom is -0.376 e. The van der Waals surface area contributed by atoms with Gasteiger partial charge < -0.3 is 10.5 Å². The Bertz CT molecular complexity index is 478. The maximum Gasteiger partial charge on any atom is 0.344 e. The number of aromatic nitrogens is 3. The van der Waals surface area contributed by atoms with Crippen LogP contribution in [0.25, 0.3) is 0 Å². The maximum atomic E-state index is 11.6. The van der Waals surface area contributed by atoms with Gasteiger partial charge in [-0.3, -0.25) is 9.36 Å². The summed E-state index contributed by atoms with van der Waals surface area (Å²) in [5, 5.41) is 6.34. The van der Waals surface area contributed by atoms with E-state index < -0.39 is 11.2 Å². The summed E-state index contributed by atoms with van der Waals surface area (Å²) in [4.78, 5) is 22.7. The number of nitrogens with two attached hydrogens (primary N) is 1. The standard InChI is InChI=1S/C10H16N4O3S/c1-6(8(11)15)18-10-13-12-9(16)14(10)5-7-3-2-4-17-7/h6-7H,2-5H2,1H3,(H2,11,15)(H,12,16)/t6-,7+/m0/s1. The summed E-state index contributed by atoms with van der Waals surface area (Å²) in [6, 6.07) is 0. The topological polar surface area (TPSA) is 103 Å². The number of primary amides is 1. The number of nitrogens with zero attached hydrogens (tertiary/aromatic N) is 2. The predicted octanol–water partition coefficient (Wildman–Crippen LogP) is -0.284. The molecule has 100 valence electrons. The van der Waals surface area contributed by atoms with Gasteiger partial charge in [0.1, 0.15) is 0 Å². The van der Waals surface area contributed by atoms with Crippen LogP contribution in [0.4, 0.5) is 0 Å². The molecule has 2 heterocycles. The number of amides is 1. The van der Waals surface area contributed by atoms with Crippen molar-refractivity contribution in [2.45, 2.75) is 42.8 Å². The highest BCUT2D eigenvalue weighted by Crippen LogP contribution is 2.21. The van der Waals surface area contributed by atoms with Crippen molar-refractivity contribution in [2.24, 2.45) is 5.73 Å². The molecule has 1 aliphatic heterocycles. The second-order valence-corrected chi connectivity index (χ2v) is 5.53. The number of H-pyrrole nitrogens is 1. The molecule has 0 radical (unpaired) electrons. The lowest BCUT2D eigenvalue weighted by molar-refractivity contribution is -0.117. The Morgan fingerprint density at radius 2 is 2.56 bits per heavy atom. The van der Waals surface area contributed by atoms with Crippen LogP contribution in [0.5, 0.6) is 0 Å². The molecule has 0 saturated carbocycles. The first-order valence-electron chi connectivity index (χ1n) is 5.80. The molecule has 0 spiro atoms. The number of thioether (sulfide) groups is 1. The first-order valence-corrected chi connectivity index (χ1v) is 6.68. The van der Waals surface area contributed by atoms with Gasteiger partial charge in [0.25, 0.3) is 0 Å². The summed E-state index contributed by atoms with van der Waals surface area (Å²) < 4.78 is 6.99. The average molecular weight is 272 g/mol. The largest absolute Gasteiger partial charge is 0.376 e. The number of ether oxygens (including phenoxy) is 1. The second kappa shape index (κ2) is 5.57. The third kappa shape index (κ3) is 2.94. The smallest absolute Gasteiger partial charge is 0.344 e. The van der Waals surface area contributed by atoms with Crippen molar-refractivity contribution >= 4 is 17.7 Å². The minimum atomic E-state index is -0.431. The predicted molar refractivity (Wildman–Crippen MR) is 66.3 cm³/mol. The van der Waals surface area contributed by atoms with Gasteiger partial charge in [-0.15, -0.1) is 5.10 Å². The molecule has 1 saturated heterocycles. The van der Waals surface area contributed by atoms with Crippen LogP contribution in [0.15, 0.2) is 9.95 Å². The number of rotatable bonds is 5. The molecule has 2 atom stereocenters. The Labute approximate surface area is 108 Å². The van der Waals surface area contributed by atoms with Crippen LogP contribution in [0.2, 0.25) is 0 Å². The van der Waals surface area contributed by atoms with E-state index in [0.717, 1.165) is 19.4 Å². The lowest BCUT2D eigenvalue weighted by Gasteiger charge is -2.12. The van der Waals surface area contributed by atoms with E-state index in [1.54, 1.807) is 6.92 Å². The molecule has 0 aromatic carbocycles. The fraction of sp³-hybridized carbons (Fsp3) is 0.700. The zero-order valence-corrected chi connectivity index (χ0v) is 10.9. The van der Waals surface area contributed by atoms with E-state index in [9.17, 15) is 9.59 Å². The SMILES string of the molecule is C[C@H](Sc1n[nH]c(=O)n1C[C@H]1CCCO1)C(N)=O. The third-order valence-electron chi connectivity index (χ3n) is 2.82. The Balaban J connectivity index is 2.10. The number of hydrogen-bond acceptors (Lipinski definition) is 5. The van der Waals surface area contributed by atoms with Gasteiger partial charge in [-0.25, -0.2) is 9.89 Å². The van der Waals surface area contributed by atoms with E-state index in [1.165, 1.54) is 16.3 Å². The molecule has 0 aliphatic carbocycles. The van der Waals surface area contributed by atoms with E-state index in [2.05, 4.69) is 10.2 Å². The van der Waals surface area contributed by atoms with Crippen LogP contribution in [-0.4, -0.2) is 38.6 Å². The summed E-state index contributed by atoms with van der Waals surface area (Å²) in [7, 11) is 0. The van der Waals surface area contributed by atoms with E-state index >= 15 is 0 Å². The quantitative estimate of drug-likeness (QED) is 0.717. The maximum absolute atomic E-state index is 11.6. The molecular formula is C10H16N4O3S. The Morgan fingerprint density at radius 3 is 3.17 bits per heavy atom. The summed E-state index contributed by atoms with van der Waals surface area (Å²) in [6.45, 7) is 2.88. The van der Waals surface area contributed by atoms with Crippen molar-refractivity contribution in [3.05, 3.63) is 10.5 Å². The van der Waals surface area contributed by atoms with Crippen LogP contribution in [0.1, 0.15) is 19.8 Å². The summed E-state index contributed by atoms with van der Waals surface area (Å²) in [6.07, 6.45) is 1.99. The zero-order chi connectivity index (χ0) is 13.1. The molecule has 2 rings (SSSR count). The lowest BCUT2D eigenvalue weighted by Crippen LogP contribution is -2.27. The molecular weight excluding hydrogens is 256 g/mol. The molecule has 1 fully saturated rings. The number of carbonyl (C=O) groups is 1. The van der Waals surface area contributed by atoms with Crippen molar-refractivity contribution in [1.82, 2.24) is 14.8 Å². The highest BCUT2D eigenvalue weighted by Gasteiger charge is 2.21. The molecule has 3 N–H and O–H groups in total. The third-order valence-corrected chi connectivity index (χ3v) is 3.92. The Kier molecular flexibility index (Phi) is 4.07. The Morgan fingerprint density at radius 1 is 1.78 bits per heavy atom. The van der Waals surface area contributed by atoms with Crippen LogP contribution in [0, 0.1) is 0 Å². The van der Waals surface area contributed by atoms with Gasteiger partial charge >= 0.3 is 5.69 Å². The van der Waals surface area contributed by atoms with Gasteiger partial charge in [0.2, 0.25) is 5.91 Å². The number of hydrogen-bond donors (Lipinski definition) is 2. The molecule has 18 heavy (non-hydrogen) atoms. The molecule has 0 bridgehead atoms. The molecule has 1 aromatic heterocycles. The van der Waals surface area contributed by atoms with Crippen molar-refractivity contribution in [3.63, 3.8) is 0 Å². The van der Waals surface area contributed by atoms with Gasteiger partial charge in [0.15, 0.2) is 5.16 Å². The van der Waals surface area contributed by atoms with Crippen molar-refractivity contribution < 1.29 is 9.53 Å². The fourth-order valence-electron chi connectivity index (χ4n) is 1.76. The minimum absolute atomic E-state index is 0.0449. The van der Waals surface area contributed by atoms with Crippen LogP contribution in [-0.2, 0) is 16.1 Å². The normalized spacial score (nSPS) is 21.1. The van der Waals surface area contributed by atoms with Crippen molar-refractivity contribution in [3.8, 4) is 0 Å². The Hall–Kier alpha value is -1.28. The van der Waals surface area contributed by atoms with E-state index in [-0.39, 0.29) is 11.8 Å². The molecule has 0 unspecified atom stereocenters. The highest BCUT2D eigenvalue weighted by atomic mass is 32.2. The van der Waals surface area contributed by atoms with E-state index in [0.29, 0.717) is 11.7 Å². The second-order valence-electron chi connectivity index (χ2n) is 4.22. The summed E-state index contributed by atoms with van der Waals surface area (Å²) in [5.41, 5.74) is 4.91. The molecule has 7 nitrogen and oxygen atoms in total. The van der Waals surface area contributed by atoms with Gasteiger partial charge in [-0.05, 0) is 19.8 Å².